The molecule has 1 atom stereocenters. The Kier molecular flexibility index (Phi) is 5.76. The number of aromatic nitrogens is 3. The second kappa shape index (κ2) is 8.91. The molecule has 1 aliphatic heterocycles. The highest BCUT2D eigenvalue weighted by atomic mass is 32.2. The summed E-state index contributed by atoms with van der Waals surface area (Å²) in [6.45, 7) is 3.39. The Morgan fingerprint density at radius 1 is 1.12 bits per heavy atom. The number of carbonyl (C=O) groups excluding carboxylic acids is 1. The van der Waals surface area contributed by atoms with Crippen LogP contribution in [-0.2, 0) is 17.8 Å². The number of aryl methyl sites for hydroxylation is 2. The third kappa shape index (κ3) is 3.88. The maximum Gasteiger partial charge on any atom is 0.251 e. The molecule has 2 aromatic heterocycles. The van der Waals surface area contributed by atoms with Crippen LogP contribution in [0.3, 0.4) is 0 Å². The van der Waals surface area contributed by atoms with Crippen molar-refractivity contribution in [3.05, 3.63) is 57.1 Å². The Hall–Kier alpha value is -2.54. The molecule has 1 fully saturated rings. The van der Waals surface area contributed by atoms with Gasteiger partial charge >= 0.3 is 0 Å². The number of thioether (sulfide) groups is 1. The maximum atomic E-state index is 13.3. The van der Waals surface area contributed by atoms with Crippen LogP contribution in [0.25, 0.3) is 10.9 Å². The number of carbonyl (C=O) groups is 1. The molecule has 0 radical (unpaired) electrons. The average molecular weight is 477 g/mol. The standard InChI is InChI=1S/C27H32N4O2S/c1-17-14-24(32)29-27(28-17)34-16-25(33)30-12-13-31-22-11-10-19(18-6-3-2-4-7-18)15-21(22)20-8-5-9-23(30)26(20)31/h10-11,14-15,18,23H,2-9,12-13,16H2,1H3,(H,28,29,32)/t23-/m1/s1. The second-order valence-corrected chi connectivity index (χ2v) is 11.1. The maximum absolute atomic E-state index is 13.3. The number of rotatable bonds is 4. The van der Waals surface area contributed by atoms with Crippen molar-refractivity contribution in [3.8, 4) is 0 Å². The van der Waals surface area contributed by atoms with Crippen LogP contribution in [0.4, 0.5) is 0 Å². The summed E-state index contributed by atoms with van der Waals surface area (Å²) in [5, 5.41) is 1.94. The van der Waals surface area contributed by atoms with Gasteiger partial charge in [-0.25, -0.2) is 4.98 Å². The molecular formula is C27H32N4O2S. The molecule has 0 bridgehead atoms. The van der Waals surface area contributed by atoms with Gasteiger partial charge in [-0.2, -0.15) is 0 Å². The Bertz CT molecular complexity index is 1300. The number of nitrogens with one attached hydrogen (secondary N) is 1. The van der Waals surface area contributed by atoms with Gasteiger partial charge in [-0.3, -0.25) is 9.59 Å². The van der Waals surface area contributed by atoms with Crippen LogP contribution < -0.4 is 5.56 Å². The molecule has 0 spiro atoms. The van der Waals surface area contributed by atoms with Gasteiger partial charge in [0.05, 0.1) is 11.8 Å². The van der Waals surface area contributed by atoms with E-state index in [1.165, 1.54) is 77.7 Å². The Labute approximate surface area is 204 Å². The van der Waals surface area contributed by atoms with E-state index < -0.39 is 0 Å². The van der Waals surface area contributed by atoms with Crippen LogP contribution in [-0.4, -0.2) is 37.6 Å². The average Bonchev–Trinajstić information content (AvgIpc) is 3.17. The third-order valence-corrected chi connectivity index (χ3v) is 8.83. The predicted octanol–water partition coefficient (Wildman–Crippen LogP) is 5.09. The summed E-state index contributed by atoms with van der Waals surface area (Å²) in [5.74, 6) is 1.13. The number of fused-ring (bicyclic) bond motifs is 3. The number of aromatic amines is 1. The van der Waals surface area contributed by atoms with E-state index in [4.69, 9.17) is 0 Å². The van der Waals surface area contributed by atoms with Crippen molar-refractivity contribution in [2.45, 2.75) is 82.0 Å². The lowest BCUT2D eigenvalue weighted by molar-refractivity contribution is -0.132. The highest BCUT2D eigenvalue weighted by Gasteiger charge is 2.37. The van der Waals surface area contributed by atoms with Gasteiger partial charge in [0.25, 0.3) is 5.56 Å². The molecule has 3 aromatic rings. The molecule has 1 saturated carbocycles. The summed E-state index contributed by atoms with van der Waals surface area (Å²) < 4.78 is 2.50. The molecule has 3 heterocycles. The van der Waals surface area contributed by atoms with Crippen molar-refractivity contribution in [1.82, 2.24) is 19.4 Å². The van der Waals surface area contributed by atoms with E-state index in [2.05, 4.69) is 37.6 Å². The summed E-state index contributed by atoms with van der Waals surface area (Å²) in [6.07, 6.45) is 9.97. The van der Waals surface area contributed by atoms with Crippen LogP contribution >= 0.6 is 11.8 Å². The zero-order chi connectivity index (χ0) is 23.2. The molecule has 7 heteroatoms. The van der Waals surface area contributed by atoms with Crippen LogP contribution in [0.2, 0.25) is 0 Å². The highest BCUT2D eigenvalue weighted by molar-refractivity contribution is 7.99. The van der Waals surface area contributed by atoms with Crippen molar-refractivity contribution in [1.29, 1.82) is 0 Å². The first kappa shape index (κ1) is 22.0. The van der Waals surface area contributed by atoms with Gasteiger partial charge in [0.1, 0.15) is 0 Å². The van der Waals surface area contributed by atoms with Gasteiger partial charge in [-0.05, 0) is 68.2 Å². The fourth-order valence-electron chi connectivity index (χ4n) is 6.44. The van der Waals surface area contributed by atoms with Crippen molar-refractivity contribution >= 4 is 28.6 Å². The van der Waals surface area contributed by atoms with Gasteiger partial charge in [0.2, 0.25) is 5.91 Å². The van der Waals surface area contributed by atoms with E-state index in [1.54, 1.807) is 6.92 Å². The summed E-state index contributed by atoms with van der Waals surface area (Å²) in [6, 6.07) is 8.82. The smallest absolute Gasteiger partial charge is 0.251 e. The lowest BCUT2D eigenvalue weighted by atomic mass is 9.83. The van der Waals surface area contributed by atoms with E-state index in [1.807, 2.05) is 0 Å². The molecule has 1 N–H and O–H groups in total. The van der Waals surface area contributed by atoms with Crippen molar-refractivity contribution in [2.24, 2.45) is 0 Å². The molecule has 0 saturated heterocycles. The van der Waals surface area contributed by atoms with Gasteiger partial charge < -0.3 is 14.5 Å². The number of nitrogens with zero attached hydrogens (tertiary/aromatic N) is 3. The molecule has 3 aliphatic rings. The normalized spacial score (nSPS) is 20.5. The molecule has 34 heavy (non-hydrogen) atoms. The van der Waals surface area contributed by atoms with Crippen molar-refractivity contribution < 1.29 is 4.79 Å². The van der Waals surface area contributed by atoms with E-state index >= 15 is 0 Å². The molecule has 6 rings (SSSR count). The topological polar surface area (TPSA) is 71.0 Å². The largest absolute Gasteiger partial charge is 0.341 e. The number of benzene rings is 1. The zero-order valence-corrected chi connectivity index (χ0v) is 20.6. The number of hydrogen-bond acceptors (Lipinski definition) is 4. The van der Waals surface area contributed by atoms with E-state index in [0.717, 1.165) is 32.4 Å². The first-order valence-electron chi connectivity index (χ1n) is 12.7. The summed E-state index contributed by atoms with van der Waals surface area (Å²) in [7, 11) is 0. The first-order valence-corrected chi connectivity index (χ1v) is 13.7. The minimum atomic E-state index is -0.172. The molecular weight excluding hydrogens is 444 g/mol. The predicted molar refractivity (Wildman–Crippen MR) is 135 cm³/mol. The highest BCUT2D eigenvalue weighted by Crippen LogP contribution is 2.44. The first-order chi connectivity index (χ1) is 16.6. The lowest BCUT2D eigenvalue weighted by Gasteiger charge is -2.40. The van der Waals surface area contributed by atoms with Gasteiger partial charge in [-0.15, -0.1) is 0 Å². The van der Waals surface area contributed by atoms with E-state index in [0.29, 0.717) is 22.5 Å². The molecule has 178 valence electrons. The molecule has 1 aromatic carbocycles. The fraction of sp³-hybridized carbons (Fsp3) is 0.519. The van der Waals surface area contributed by atoms with Crippen LogP contribution in [0.5, 0.6) is 0 Å². The summed E-state index contributed by atoms with van der Waals surface area (Å²) in [4.78, 5) is 34.2. The number of amides is 1. The Morgan fingerprint density at radius 3 is 2.79 bits per heavy atom. The van der Waals surface area contributed by atoms with Gasteiger partial charge in [0.15, 0.2) is 5.16 Å². The fourth-order valence-corrected chi connectivity index (χ4v) is 7.25. The van der Waals surface area contributed by atoms with E-state index in [9.17, 15) is 9.59 Å². The van der Waals surface area contributed by atoms with Crippen LogP contribution in [0.1, 0.15) is 79.4 Å². The Balaban J connectivity index is 1.28. The third-order valence-electron chi connectivity index (χ3n) is 7.97. The van der Waals surface area contributed by atoms with Gasteiger partial charge in [0, 0.05) is 41.4 Å². The Morgan fingerprint density at radius 2 is 1.97 bits per heavy atom. The van der Waals surface area contributed by atoms with Gasteiger partial charge in [-0.1, -0.05) is 37.1 Å². The van der Waals surface area contributed by atoms with E-state index in [-0.39, 0.29) is 17.5 Å². The van der Waals surface area contributed by atoms with Crippen molar-refractivity contribution in [2.75, 3.05) is 12.3 Å². The second-order valence-electron chi connectivity index (χ2n) is 10.1. The lowest BCUT2D eigenvalue weighted by Crippen LogP contribution is -2.44. The zero-order valence-electron chi connectivity index (χ0n) is 19.8. The quantitative estimate of drug-likeness (QED) is 0.420. The molecule has 2 aliphatic carbocycles. The summed E-state index contributed by atoms with van der Waals surface area (Å²) >= 11 is 1.32. The minimum absolute atomic E-state index is 0.131. The molecule has 1 amide bonds. The molecule has 6 nitrogen and oxygen atoms in total. The summed E-state index contributed by atoms with van der Waals surface area (Å²) in [5.41, 5.74) is 6.20. The van der Waals surface area contributed by atoms with Crippen LogP contribution in [0.15, 0.2) is 34.2 Å². The number of hydrogen-bond donors (Lipinski definition) is 1. The molecule has 0 unspecified atom stereocenters. The van der Waals surface area contributed by atoms with Crippen molar-refractivity contribution in [3.63, 3.8) is 0 Å². The monoisotopic (exact) mass is 476 g/mol. The number of H-pyrrole nitrogens is 1. The SMILES string of the molecule is Cc1cc(=O)[nH]c(SCC(=O)N2CCn3c4c(c5cc(C6CCCCC6)ccc53)CCC[C@H]42)n1. The van der Waals surface area contributed by atoms with Crippen LogP contribution in [0, 0.1) is 6.92 Å². The minimum Gasteiger partial charge on any atom is -0.341 e.